The van der Waals surface area contributed by atoms with Crippen molar-refractivity contribution in [1.82, 2.24) is 9.62 Å². The predicted molar refractivity (Wildman–Crippen MR) is 100 cm³/mol. The highest BCUT2D eigenvalue weighted by Crippen LogP contribution is 2.35. The number of ether oxygens (including phenoxy) is 2. The van der Waals surface area contributed by atoms with E-state index in [0.717, 1.165) is 16.7 Å². The lowest BCUT2D eigenvalue weighted by Gasteiger charge is -2.25. The van der Waals surface area contributed by atoms with Crippen LogP contribution in [0.25, 0.3) is 0 Å². The summed E-state index contributed by atoms with van der Waals surface area (Å²) in [6, 6.07) is 11.0. The maximum Gasteiger partial charge on any atom is 0.240 e. The first-order valence-electron chi connectivity index (χ1n) is 8.41. The van der Waals surface area contributed by atoms with Crippen molar-refractivity contribution < 1.29 is 17.9 Å². The Bertz CT molecular complexity index is 910. The minimum Gasteiger partial charge on any atom is -0.454 e. The summed E-state index contributed by atoms with van der Waals surface area (Å²) in [6.07, 6.45) is 0. The number of hydrogen-bond acceptors (Lipinski definition) is 5. The van der Waals surface area contributed by atoms with Crippen LogP contribution in [0.2, 0.25) is 0 Å². The van der Waals surface area contributed by atoms with Crippen molar-refractivity contribution in [2.45, 2.75) is 24.8 Å². The standard InChI is InChI=1S/C19H24N2O4S/c1-13-5-6-14(2)19(9-13)26(22,23)20-11-16(21(3)4)15-7-8-17-18(10-15)25-12-24-17/h5-10,16,20H,11-12H2,1-4H3. The Hall–Kier alpha value is -2.09. The lowest BCUT2D eigenvalue weighted by Crippen LogP contribution is -2.34. The molecule has 0 saturated heterocycles. The Morgan fingerprint density at radius 3 is 2.54 bits per heavy atom. The van der Waals surface area contributed by atoms with Gasteiger partial charge in [-0.2, -0.15) is 0 Å². The molecule has 0 amide bonds. The molecule has 2 aromatic rings. The predicted octanol–water partition coefficient (Wildman–Crippen LogP) is 2.61. The van der Waals surface area contributed by atoms with Gasteiger partial charge in [0.05, 0.1) is 4.90 Å². The van der Waals surface area contributed by atoms with Crippen LogP contribution in [0.4, 0.5) is 0 Å². The SMILES string of the molecule is Cc1ccc(C)c(S(=O)(=O)NCC(c2ccc3c(c2)OCO3)N(C)C)c1. The summed E-state index contributed by atoms with van der Waals surface area (Å²) in [7, 11) is 0.242. The summed E-state index contributed by atoms with van der Waals surface area (Å²) < 4.78 is 39.1. The van der Waals surface area contributed by atoms with Gasteiger partial charge in [-0.05, 0) is 62.8 Å². The molecule has 0 radical (unpaired) electrons. The first-order valence-corrected chi connectivity index (χ1v) is 9.89. The number of sulfonamides is 1. The van der Waals surface area contributed by atoms with E-state index in [1.807, 2.05) is 56.3 Å². The number of aryl methyl sites for hydroxylation is 2. The first-order chi connectivity index (χ1) is 12.3. The van der Waals surface area contributed by atoms with Crippen LogP contribution in [-0.2, 0) is 10.0 Å². The van der Waals surface area contributed by atoms with Gasteiger partial charge in [0.1, 0.15) is 0 Å². The number of benzene rings is 2. The molecule has 1 unspecified atom stereocenters. The second kappa shape index (κ2) is 7.26. The molecule has 0 spiro atoms. The Labute approximate surface area is 154 Å². The van der Waals surface area contributed by atoms with Gasteiger partial charge in [-0.1, -0.05) is 18.2 Å². The highest BCUT2D eigenvalue weighted by atomic mass is 32.2. The molecule has 1 N–H and O–H groups in total. The molecule has 0 aliphatic carbocycles. The highest BCUT2D eigenvalue weighted by molar-refractivity contribution is 7.89. The van der Waals surface area contributed by atoms with Crippen LogP contribution in [0, 0.1) is 13.8 Å². The Morgan fingerprint density at radius 1 is 1.08 bits per heavy atom. The van der Waals surface area contributed by atoms with Crippen LogP contribution in [0.3, 0.4) is 0 Å². The van der Waals surface area contributed by atoms with Crippen LogP contribution >= 0.6 is 0 Å². The topological polar surface area (TPSA) is 67.9 Å². The van der Waals surface area contributed by atoms with Crippen molar-refractivity contribution in [2.24, 2.45) is 0 Å². The van der Waals surface area contributed by atoms with Gasteiger partial charge in [0, 0.05) is 12.6 Å². The van der Waals surface area contributed by atoms with E-state index in [-0.39, 0.29) is 19.4 Å². The average molecular weight is 376 g/mol. The van der Waals surface area contributed by atoms with E-state index < -0.39 is 10.0 Å². The van der Waals surface area contributed by atoms with E-state index in [1.54, 1.807) is 13.0 Å². The fourth-order valence-electron chi connectivity index (χ4n) is 2.98. The number of nitrogens with zero attached hydrogens (tertiary/aromatic N) is 1. The van der Waals surface area contributed by atoms with E-state index in [9.17, 15) is 8.42 Å². The van der Waals surface area contributed by atoms with Crippen molar-refractivity contribution in [2.75, 3.05) is 27.4 Å². The van der Waals surface area contributed by atoms with E-state index in [0.29, 0.717) is 16.4 Å². The molecule has 0 fully saturated rings. The molecule has 6 nitrogen and oxygen atoms in total. The quantitative estimate of drug-likeness (QED) is 0.839. The van der Waals surface area contributed by atoms with Crippen LogP contribution in [0.5, 0.6) is 11.5 Å². The largest absolute Gasteiger partial charge is 0.454 e. The number of nitrogens with one attached hydrogen (secondary N) is 1. The van der Waals surface area contributed by atoms with Crippen LogP contribution in [0.1, 0.15) is 22.7 Å². The highest BCUT2D eigenvalue weighted by Gasteiger charge is 2.23. The fraction of sp³-hybridized carbons (Fsp3) is 0.368. The van der Waals surface area contributed by atoms with Gasteiger partial charge in [0.2, 0.25) is 16.8 Å². The summed E-state index contributed by atoms with van der Waals surface area (Å²) >= 11 is 0. The zero-order chi connectivity index (χ0) is 18.9. The molecule has 1 heterocycles. The summed E-state index contributed by atoms with van der Waals surface area (Å²) in [5.74, 6) is 1.40. The molecular weight excluding hydrogens is 352 g/mol. The third-order valence-corrected chi connectivity index (χ3v) is 6.07. The van der Waals surface area contributed by atoms with Crippen LogP contribution < -0.4 is 14.2 Å². The summed E-state index contributed by atoms with van der Waals surface area (Å²) in [5.41, 5.74) is 2.60. The molecule has 7 heteroatoms. The maximum absolute atomic E-state index is 12.8. The molecule has 26 heavy (non-hydrogen) atoms. The number of hydrogen-bond donors (Lipinski definition) is 1. The van der Waals surface area contributed by atoms with Crippen molar-refractivity contribution in [3.8, 4) is 11.5 Å². The molecule has 0 saturated carbocycles. The Balaban J connectivity index is 1.82. The van der Waals surface area contributed by atoms with Crippen molar-refractivity contribution in [3.05, 3.63) is 53.1 Å². The molecule has 140 valence electrons. The molecule has 0 aromatic heterocycles. The van der Waals surface area contributed by atoms with Crippen LogP contribution in [-0.4, -0.2) is 40.8 Å². The number of rotatable bonds is 6. The molecule has 3 rings (SSSR count). The van der Waals surface area contributed by atoms with Crippen molar-refractivity contribution in [1.29, 1.82) is 0 Å². The fourth-order valence-corrected chi connectivity index (χ4v) is 4.35. The van der Waals surface area contributed by atoms with E-state index in [2.05, 4.69) is 4.72 Å². The first kappa shape index (κ1) is 18.7. The molecule has 1 atom stereocenters. The van der Waals surface area contributed by atoms with E-state index in [1.165, 1.54) is 0 Å². The smallest absolute Gasteiger partial charge is 0.240 e. The van der Waals surface area contributed by atoms with E-state index in [4.69, 9.17) is 9.47 Å². The maximum atomic E-state index is 12.8. The van der Waals surface area contributed by atoms with Gasteiger partial charge in [0.25, 0.3) is 0 Å². The third kappa shape index (κ3) is 3.85. The monoisotopic (exact) mass is 376 g/mol. The lowest BCUT2D eigenvalue weighted by atomic mass is 10.1. The van der Waals surface area contributed by atoms with Gasteiger partial charge in [-0.3, -0.25) is 0 Å². The second-order valence-corrected chi connectivity index (χ2v) is 8.45. The van der Waals surface area contributed by atoms with Crippen molar-refractivity contribution in [3.63, 3.8) is 0 Å². The van der Waals surface area contributed by atoms with Crippen LogP contribution in [0.15, 0.2) is 41.3 Å². The minimum atomic E-state index is -3.59. The number of fused-ring (bicyclic) bond motifs is 1. The Morgan fingerprint density at radius 2 is 1.81 bits per heavy atom. The Kier molecular flexibility index (Phi) is 5.22. The van der Waals surface area contributed by atoms with Gasteiger partial charge >= 0.3 is 0 Å². The molecular formula is C19H24N2O4S. The molecule has 1 aliphatic heterocycles. The van der Waals surface area contributed by atoms with Crippen molar-refractivity contribution >= 4 is 10.0 Å². The van der Waals surface area contributed by atoms with Gasteiger partial charge in [-0.15, -0.1) is 0 Å². The zero-order valence-corrected chi connectivity index (χ0v) is 16.3. The summed E-state index contributed by atoms with van der Waals surface area (Å²) in [6.45, 7) is 4.15. The van der Waals surface area contributed by atoms with Gasteiger partial charge in [-0.25, -0.2) is 13.1 Å². The lowest BCUT2D eigenvalue weighted by molar-refractivity contribution is 0.174. The zero-order valence-electron chi connectivity index (χ0n) is 15.4. The van der Waals surface area contributed by atoms with E-state index >= 15 is 0 Å². The average Bonchev–Trinajstić information content (AvgIpc) is 3.04. The molecule has 1 aliphatic rings. The number of likely N-dealkylation sites (N-methyl/N-ethyl adjacent to an activating group) is 1. The normalized spacial score (nSPS) is 14.7. The second-order valence-electron chi connectivity index (χ2n) is 6.71. The molecule has 0 bridgehead atoms. The van der Waals surface area contributed by atoms with Gasteiger partial charge < -0.3 is 14.4 Å². The summed E-state index contributed by atoms with van der Waals surface area (Å²) in [4.78, 5) is 2.30. The third-order valence-electron chi connectivity index (χ3n) is 4.50. The summed E-state index contributed by atoms with van der Waals surface area (Å²) in [5, 5.41) is 0. The minimum absolute atomic E-state index is 0.135. The molecule has 2 aromatic carbocycles. The van der Waals surface area contributed by atoms with Gasteiger partial charge in [0.15, 0.2) is 11.5 Å².